The number of benzene rings is 1. The molecule has 0 aromatic heterocycles. The van der Waals surface area contributed by atoms with E-state index in [1.165, 1.54) is 12.1 Å². The maximum atomic E-state index is 12.9. The zero-order chi connectivity index (χ0) is 13.7. The van der Waals surface area contributed by atoms with Crippen LogP contribution >= 0.6 is 15.9 Å². The molecule has 0 saturated heterocycles. The lowest BCUT2D eigenvalue weighted by Gasteiger charge is -2.16. The van der Waals surface area contributed by atoms with Crippen molar-refractivity contribution in [3.63, 3.8) is 0 Å². The van der Waals surface area contributed by atoms with Crippen molar-refractivity contribution in [3.8, 4) is 0 Å². The van der Waals surface area contributed by atoms with Crippen molar-refractivity contribution in [1.82, 2.24) is 0 Å². The first-order valence-corrected chi connectivity index (χ1v) is 6.90. The third-order valence-electron chi connectivity index (χ3n) is 2.88. The van der Waals surface area contributed by atoms with Gasteiger partial charge >= 0.3 is 0 Å². The van der Waals surface area contributed by atoms with Gasteiger partial charge in [0.25, 0.3) is 0 Å². The number of hydrogen-bond donors (Lipinski definition) is 1. The molecule has 0 aliphatic rings. The van der Waals surface area contributed by atoms with Crippen molar-refractivity contribution in [3.05, 3.63) is 34.1 Å². The number of halogens is 2. The van der Waals surface area contributed by atoms with E-state index in [2.05, 4.69) is 29.8 Å². The van der Waals surface area contributed by atoms with E-state index in [-0.39, 0.29) is 17.5 Å². The molecule has 0 heterocycles. The molecule has 18 heavy (non-hydrogen) atoms. The van der Waals surface area contributed by atoms with Gasteiger partial charge in [0.15, 0.2) is 0 Å². The third-order valence-corrected chi connectivity index (χ3v) is 3.61. The zero-order valence-corrected chi connectivity index (χ0v) is 12.3. The first-order valence-electron chi connectivity index (χ1n) is 6.10. The maximum Gasteiger partial charge on any atom is 0.141 e. The Morgan fingerprint density at radius 2 is 2.11 bits per heavy atom. The molecule has 2 N–H and O–H groups in total. The summed E-state index contributed by atoms with van der Waals surface area (Å²) >= 11 is 3.27. The molecule has 0 saturated carbocycles. The molecule has 0 bridgehead atoms. The second kappa shape index (κ2) is 7.00. The molecule has 1 aromatic carbocycles. The summed E-state index contributed by atoms with van der Waals surface area (Å²) in [5.41, 5.74) is 6.45. The molecule has 1 aromatic rings. The van der Waals surface area contributed by atoms with Crippen molar-refractivity contribution in [2.24, 2.45) is 17.6 Å². The number of carbonyl (C=O) groups excluding carboxylic acids is 1. The Morgan fingerprint density at radius 1 is 1.44 bits per heavy atom. The van der Waals surface area contributed by atoms with E-state index in [1.54, 1.807) is 6.07 Å². The second-order valence-electron chi connectivity index (χ2n) is 4.94. The Morgan fingerprint density at radius 3 is 2.61 bits per heavy atom. The molecule has 0 spiro atoms. The SMILES string of the molecule is CC(C)CC(CN)C(=O)Cc1ccc(F)cc1Br. The highest BCUT2D eigenvalue weighted by Crippen LogP contribution is 2.21. The molecule has 0 aliphatic heterocycles. The first-order chi connectivity index (χ1) is 8.43. The monoisotopic (exact) mass is 315 g/mol. The highest BCUT2D eigenvalue weighted by molar-refractivity contribution is 9.10. The van der Waals surface area contributed by atoms with Crippen molar-refractivity contribution in [2.75, 3.05) is 6.54 Å². The van der Waals surface area contributed by atoms with Crippen LogP contribution in [0.25, 0.3) is 0 Å². The molecular formula is C14H19BrFNO. The van der Waals surface area contributed by atoms with Gasteiger partial charge in [0.1, 0.15) is 11.6 Å². The molecule has 1 rings (SSSR count). The highest BCUT2D eigenvalue weighted by Gasteiger charge is 2.19. The third kappa shape index (κ3) is 4.50. The topological polar surface area (TPSA) is 43.1 Å². The van der Waals surface area contributed by atoms with Crippen LogP contribution in [-0.4, -0.2) is 12.3 Å². The van der Waals surface area contributed by atoms with Gasteiger partial charge in [-0.2, -0.15) is 0 Å². The first kappa shape index (κ1) is 15.3. The fraction of sp³-hybridized carbons (Fsp3) is 0.500. The molecule has 1 atom stereocenters. The lowest BCUT2D eigenvalue weighted by molar-refractivity contribution is -0.122. The predicted octanol–water partition coefficient (Wildman–Crippen LogP) is 3.32. The Balaban J connectivity index is 2.73. The fourth-order valence-corrected chi connectivity index (χ4v) is 2.42. The maximum absolute atomic E-state index is 12.9. The van der Waals surface area contributed by atoms with E-state index in [9.17, 15) is 9.18 Å². The van der Waals surface area contributed by atoms with Crippen LogP contribution in [0.4, 0.5) is 4.39 Å². The van der Waals surface area contributed by atoms with E-state index >= 15 is 0 Å². The summed E-state index contributed by atoms with van der Waals surface area (Å²) in [7, 11) is 0. The zero-order valence-electron chi connectivity index (χ0n) is 10.7. The predicted molar refractivity (Wildman–Crippen MR) is 74.8 cm³/mol. The van der Waals surface area contributed by atoms with Crippen molar-refractivity contribution < 1.29 is 9.18 Å². The quantitative estimate of drug-likeness (QED) is 0.875. The van der Waals surface area contributed by atoms with Gasteiger partial charge in [-0.3, -0.25) is 4.79 Å². The van der Waals surface area contributed by atoms with Crippen LogP contribution in [0.1, 0.15) is 25.8 Å². The smallest absolute Gasteiger partial charge is 0.141 e. The molecule has 100 valence electrons. The largest absolute Gasteiger partial charge is 0.330 e. The van der Waals surface area contributed by atoms with Crippen LogP contribution < -0.4 is 5.73 Å². The summed E-state index contributed by atoms with van der Waals surface area (Å²) in [5.74, 6) is 0.148. The molecule has 4 heteroatoms. The highest BCUT2D eigenvalue weighted by atomic mass is 79.9. The lowest BCUT2D eigenvalue weighted by Crippen LogP contribution is -2.26. The van der Waals surface area contributed by atoms with Crippen LogP contribution in [0, 0.1) is 17.7 Å². The molecule has 2 nitrogen and oxygen atoms in total. The van der Waals surface area contributed by atoms with Crippen LogP contribution in [0.15, 0.2) is 22.7 Å². The lowest BCUT2D eigenvalue weighted by atomic mass is 9.90. The van der Waals surface area contributed by atoms with Gasteiger partial charge in [0.05, 0.1) is 0 Å². The number of Topliss-reactive ketones (excluding diaryl/α,β-unsaturated/α-hetero) is 1. The van der Waals surface area contributed by atoms with Gasteiger partial charge in [-0.15, -0.1) is 0 Å². The van der Waals surface area contributed by atoms with E-state index in [4.69, 9.17) is 5.73 Å². The van der Waals surface area contributed by atoms with Gasteiger partial charge in [0, 0.05) is 23.4 Å². The standard InChI is InChI=1S/C14H19BrFNO/c1-9(2)5-11(8-17)14(18)6-10-3-4-12(16)7-13(10)15/h3-4,7,9,11H,5-6,8,17H2,1-2H3. The Hall–Kier alpha value is -0.740. The molecule has 0 radical (unpaired) electrons. The number of carbonyl (C=O) groups is 1. The minimum absolute atomic E-state index is 0.109. The van der Waals surface area contributed by atoms with Gasteiger partial charge in [0.2, 0.25) is 0 Å². The van der Waals surface area contributed by atoms with E-state index in [0.717, 1.165) is 12.0 Å². The van der Waals surface area contributed by atoms with E-state index < -0.39 is 0 Å². The normalized spacial score (nSPS) is 12.8. The Kier molecular flexibility index (Phi) is 5.96. The average molecular weight is 316 g/mol. The van der Waals surface area contributed by atoms with Crippen molar-refractivity contribution in [2.45, 2.75) is 26.7 Å². The number of rotatable bonds is 6. The molecule has 1 unspecified atom stereocenters. The van der Waals surface area contributed by atoms with Gasteiger partial charge in [-0.1, -0.05) is 35.8 Å². The summed E-state index contributed by atoms with van der Waals surface area (Å²) in [5, 5.41) is 0. The Labute approximate surface area is 116 Å². The van der Waals surface area contributed by atoms with Gasteiger partial charge in [-0.05, 0) is 30.0 Å². The van der Waals surface area contributed by atoms with Crippen LogP contribution in [-0.2, 0) is 11.2 Å². The summed E-state index contributed by atoms with van der Waals surface area (Å²) < 4.78 is 13.6. The summed E-state index contributed by atoms with van der Waals surface area (Å²) in [6, 6.07) is 4.38. The van der Waals surface area contributed by atoms with Gasteiger partial charge < -0.3 is 5.73 Å². The van der Waals surface area contributed by atoms with Crippen molar-refractivity contribution in [1.29, 1.82) is 0 Å². The number of hydrogen-bond acceptors (Lipinski definition) is 2. The molecule has 0 aliphatic carbocycles. The molecule has 0 amide bonds. The molecule has 0 fully saturated rings. The summed E-state index contributed by atoms with van der Waals surface area (Å²) in [6.45, 7) is 4.52. The number of nitrogens with two attached hydrogens (primary N) is 1. The second-order valence-corrected chi connectivity index (χ2v) is 5.80. The van der Waals surface area contributed by atoms with Crippen LogP contribution in [0.2, 0.25) is 0 Å². The number of ketones is 1. The Bertz CT molecular complexity index is 420. The van der Waals surface area contributed by atoms with E-state index in [0.29, 0.717) is 23.4 Å². The minimum atomic E-state index is -0.310. The summed E-state index contributed by atoms with van der Waals surface area (Å²) in [6.07, 6.45) is 1.10. The summed E-state index contributed by atoms with van der Waals surface area (Å²) in [4.78, 5) is 12.1. The fourth-order valence-electron chi connectivity index (χ4n) is 1.93. The van der Waals surface area contributed by atoms with Crippen LogP contribution in [0.5, 0.6) is 0 Å². The van der Waals surface area contributed by atoms with Crippen molar-refractivity contribution >= 4 is 21.7 Å². The van der Waals surface area contributed by atoms with Crippen LogP contribution in [0.3, 0.4) is 0 Å². The van der Waals surface area contributed by atoms with Gasteiger partial charge in [-0.25, -0.2) is 4.39 Å². The van der Waals surface area contributed by atoms with E-state index in [1.807, 2.05) is 0 Å². The minimum Gasteiger partial charge on any atom is -0.330 e. The molecular weight excluding hydrogens is 297 g/mol. The average Bonchev–Trinajstić information content (AvgIpc) is 2.29.